The van der Waals surface area contributed by atoms with Crippen LogP contribution >= 0.6 is 11.6 Å². The third-order valence-corrected chi connectivity index (χ3v) is 3.80. The second-order valence-electron chi connectivity index (χ2n) is 4.94. The molecule has 0 radical (unpaired) electrons. The zero-order valence-corrected chi connectivity index (χ0v) is 13.1. The average molecular weight is 292 g/mol. The van der Waals surface area contributed by atoms with E-state index in [1.807, 2.05) is 4.68 Å². The van der Waals surface area contributed by atoms with Crippen LogP contribution in [0.3, 0.4) is 0 Å². The van der Waals surface area contributed by atoms with Gasteiger partial charge in [-0.05, 0) is 37.9 Å². The lowest BCUT2D eigenvalue weighted by Gasteiger charge is -2.22. The molecule has 1 atom stereocenters. The molecule has 0 aliphatic rings. The van der Waals surface area contributed by atoms with Gasteiger partial charge in [0.15, 0.2) is 0 Å². The van der Waals surface area contributed by atoms with Crippen molar-refractivity contribution in [3.63, 3.8) is 0 Å². The molecule has 0 bridgehead atoms. The topological polar surface area (TPSA) is 29.9 Å². The zero-order chi connectivity index (χ0) is 14.5. The van der Waals surface area contributed by atoms with E-state index in [2.05, 4.69) is 55.5 Å². The van der Waals surface area contributed by atoms with Crippen molar-refractivity contribution >= 4 is 11.6 Å². The van der Waals surface area contributed by atoms with Gasteiger partial charge in [0.2, 0.25) is 0 Å². The van der Waals surface area contributed by atoms with E-state index in [-0.39, 0.29) is 6.04 Å². The van der Waals surface area contributed by atoms with Crippen molar-refractivity contribution in [2.24, 2.45) is 0 Å². The van der Waals surface area contributed by atoms with Crippen molar-refractivity contribution in [2.75, 3.05) is 6.54 Å². The number of rotatable bonds is 6. The van der Waals surface area contributed by atoms with Crippen LogP contribution in [0.15, 0.2) is 30.5 Å². The summed E-state index contributed by atoms with van der Waals surface area (Å²) in [4.78, 5) is 0. The molecule has 3 nitrogen and oxygen atoms in total. The Morgan fingerprint density at radius 1 is 1.30 bits per heavy atom. The summed E-state index contributed by atoms with van der Waals surface area (Å²) in [6.07, 6.45) is 2.82. The van der Waals surface area contributed by atoms with E-state index in [4.69, 9.17) is 11.6 Å². The first-order valence-corrected chi connectivity index (χ1v) is 7.56. The molecule has 2 rings (SSSR count). The fourth-order valence-electron chi connectivity index (χ4n) is 2.46. The van der Waals surface area contributed by atoms with Crippen LogP contribution in [0.5, 0.6) is 0 Å². The van der Waals surface area contributed by atoms with Crippen molar-refractivity contribution in [3.8, 4) is 0 Å². The summed E-state index contributed by atoms with van der Waals surface area (Å²) in [6.45, 7) is 8.15. The van der Waals surface area contributed by atoms with E-state index in [0.717, 1.165) is 30.2 Å². The minimum Gasteiger partial charge on any atom is -0.305 e. The Morgan fingerprint density at radius 2 is 2.05 bits per heavy atom. The highest BCUT2D eigenvalue weighted by atomic mass is 35.5. The Balaban J connectivity index is 2.47. The number of aromatic nitrogens is 2. The summed E-state index contributed by atoms with van der Waals surface area (Å²) < 4.78 is 1.97. The Bertz CT molecular complexity index is 563. The molecule has 4 heteroatoms. The van der Waals surface area contributed by atoms with E-state index < -0.39 is 0 Å². The number of benzene rings is 1. The maximum absolute atomic E-state index is 6.38. The van der Waals surface area contributed by atoms with Crippen LogP contribution in [-0.4, -0.2) is 16.3 Å². The van der Waals surface area contributed by atoms with Gasteiger partial charge in [0.25, 0.3) is 0 Å². The van der Waals surface area contributed by atoms with Crippen LogP contribution in [-0.2, 0) is 6.54 Å². The van der Waals surface area contributed by atoms with Gasteiger partial charge >= 0.3 is 0 Å². The van der Waals surface area contributed by atoms with Crippen LogP contribution < -0.4 is 5.32 Å². The number of aryl methyl sites for hydroxylation is 2. The summed E-state index contributed by atoms with van der Waals surface area (Å²) >= 11 is 6.38. The van der Waals surface area contributed by atoms with Crippen molar-refractivity contribution in [2.45, 2.75) is 39.8 Å². The first-order chi connectivity index (χ1) is 9.69. The number of hydrogen-bond acceptors (Lipinski definition) is 2. The van der Waals surface area contributed by atoms with E-state index >= 15 is 0 Å². The Kier molecular flexibility index (Phi) is 5.21. The fraction of sp³-hybridized carbons (Fsp3) is 0.438. The van der Waals surface area contributed by atoms with E-state index in [0.29, 0.717) is 0 Å². The molecule has 0 saturated heterocycles. The highest BCUT2D eigenvalue weighted by Gasteiger charge is 2.22. The lowest BCUT2D eigenvalue weighted by Crippen LogP contribution is -2.26. The highest BCUT2D eigenvalue weighted by Crippen LogP contribution is 2.30. The molecule has 2 aromatic rings. The molecule has 0 spiro atoms. The second kappa shape index (κ2) is 6.91. The van der Waals surface area contributed by atoms with Crippen molar-refractivity contribution in [1.29, 1.82) is 0 Å². The van der Waals surface area contributed by atoms with Crippen molar-refractivity contribution in [3.05, 3.63) is 52.3 Å². The lowest BCUT2D eigenvalue weighted by atomic mass is 9.98. The summed E-state index contributed by atoms with van der Waals surface area (Å²) in [7, 11) is 0. The maximum atomic E-state index is 6.38. The quantitative estimate of drug-likeness (QED) is 0.873. The number of halogens is 1. The van der Waals surface area contributed by atoms with Gasteiger partial charge in [-0.1, -0.05) is 42.8 Å². The van der Waals surface area contributed by atoms with E-state index in [1.165, 1.54) is 11.1 Å². The minimum absolute atomic E-state index is 0.0890. The number of nitrogens with zero attached hydrogens (tertiary/aromatic N) is 2. The fourth-order valence-corrected chi connectivity index (χ4v) is 2.71. The SMILES string of the molecule is CCCNC(c1ccccc1C)c1c(Cl)cnn1CC. The average Bonchev–Trinajstić information content (AvgIpc) is 2.82. The monoisotopic (exact) mass is 291 g/mol. The lowest BCUT2D eigenvalue weighted by molar-refractivity contribution is 0.528. The highest BCUT2D eigenvalue weighted by molar-refractivity contribution is 6.31. The van der Waals surface area contributed by atoms with Crippen LogP contribution in [0.1, 0.15) is 43.1 Å². The maximum Gasteiger partial charge on any atom is 0.0837 e. The van der Waals surface area contributed by atoms with Gasteiger partial charge in [0, 0.05) is 6.54 Å². The second-order valence-corrected chi connectivity index (χ2v) is 5.34. The molecule has 1 aromatic carbocycles. The smallest absolute Gasteiger partial charge is 0.0837 e. The molecule has 1 unspecified atom stereocenters. The Labute approximate surface area is 126 Å². The predicted molar refractivity (Wildman–Crippen MR) is 84.2 cm³/mol. The molecule has 0 aliphatic heterocycles. The summed E-state index contributed by atoms with van der Waals surface area (Å²) in [5.74, 6) is 0. The Morgan fingerprint density at radius 3 is 2.70 bits per heavy atom. The molecule has 0 amide bonds. The molecule has 108 valence electrons. The summed E-state index contributed by atoms with van der Waals surface area (Å²) in [6, 6.07) is 8.52. The zero-order valence-electron chi connectivity index (χ0n) is 12.4. The molecular formula is C16H22ClN3. The van der Waals surface area contributed by atoms with Gasteiger partial charge in [0.1, 0.15) is 0 Å². The van der Waals surface area contributed by atoms with E-state index in [9.17, 15) is 0 Å². The third kappa shape index (κ3) is 3.05. The van der Waals surface area contributed by atoms with Crippen molar-refractivity contribution in [1.82, 2.24) is 15.1 Å². The first kappa shape index (κ1) is 15.1. The van der Waals surface area contributed by atoms with Gasteiger partial charge < -0.3 is 5.32 Å². The minimum atomic E-state index is 0.0890. The number of nitrogens with one attached hydrogen (secondary N) is 1. The van der Waals surface area contributed by atoms with Crippen LogP contribution in [0.2, 0.25) is 5.02 Å². The summed E-state index contributed by atoms with van der Waals surface area (Å²) in [5, 5.41) is 8.69. The molecule has 0 aliphatic carbocycles. The third-order valence-electron chi connectivity index (χ3n) is 3.50. The normalized spacial score (nSPS) is 12.6. The predicted octanol–water partition coefficient (Wildman–Crippen LogP) is 3.95. The Hall–Kier alpha value is -1.32. The molecule has 1 aromatic heterocycles. The van der Waals surface area contributed by atoms with Gasteiger partial charge in [0.05, 0.1) is 23.0 Å². The van der Waals surface area contributed by atoms with Gasteiger partial charge in [-0.2, -0.15) is 5.10 Å². The largest absolute Gasteiger partial charge is 0.305 e. The van der Waals surface area contributed by atoms with Crippen molar-refractivity contribution < 1.29 is 0 Å². The van der Waals surface area contributed by atoms with Crippen LogP contribution in [0, 0.1) is 6.92 Å². The molecule has 1 heterocycles. The molecule has 20 heavy (non-hydrogen) atoms. The number of hydrogen-bond donors (Lipinski definition) is 1. The van der Waals surface area contributed by atoms with E-state index in [1.54, 1.807) is 6.20 Å². The standard InChI is InChI=1S/C16H22ClN3/c1-4-10-18-15(13-9-7-6-8-12(13)3)16-14(17)11-19-20(16)5-2/h6-9,11,15,18H,4-5,10H2,1-3H3. The van der Waals surface area contributed by atoms with Gasteiger partial charge in [-0.15, -0.1) is 0 Å². The first-order valence-electron chi connectivity index (χ1n) is 7.19. The molecule has 1 N–H and O–H groups in total. The van der Waals surface area contributed by atoms with Crippen LogP contribution in [0.4, 0.5) is 0 Å². The van der Waals surface area contributed by atoms with Gasteiger partial charge in [-0.25, -0.2) is 0 Å². The van der Waals surface area contributed by atoms with Crippen LogP contribution in [0.25, 0.3) is 0 Å². The molecule has 0 fully saturated rings. The molecule has 0 saturated carbocycles. The van der Waals surface area contributed by atoms with Gasteiger partial charge in [-0.3, -0.25) is 4.68 Å². The summed E-state index contributed by atoms with van der Waals surface area (Å²) in [5.41, 5.74) is 3.58. The molecular weight excluding hydrogens is 270 g/mol.